The van der Waals surface area contributed by atoms with Crippen molar-refractivity contribution in [2.24, 2.45) is 5.84 Å². The molecule has 0 fully saturated rings. The van der Waals surface area contributed by atoms with E-state index in [1.807, 2.05) is 0 Å². The number of anilines is 1. The van der Waals surface area contributed by atoms with Crippen LogP contribution in [0, 0.1) is 0 Å². The maximum Gasteiger partial charge on any atom is 0.340 e. The lowest BCUT2D eigenvalue weighted by Crippen LogP contribution is -2.13. The predicted octanol–water partition coefficient (Wildman–Crippen LogP) is 1.15. The molecule has 13 heavy (non-hydrogen) atoms. The first-order valence-corrected chi connectivity index (χ1v) is 4.02. The third-order valence-electron chi connectivity index (χ3n) is 1.58. The standard InChI is InChI=1S/C9H12N2O2/c1-2-13-9(12)7-5-3-4-6-8(7)11-10/h3-6,11H,2,10H2,1H3. The summed E-state index contributed by atoms with van der Waals surface area (Å²) in [5, 5.41) is 0. The first-order chi connectivity index (χ1) is 6.29. The van der Waals surface area contributed by atoms with E-state index in [-0.39, 0.29) is 5.97 Å². The third kappa shape index (κ3) is 2.19. The van der Waals surface area contributed by atoms with Gasteiger partial charge < -0.3 is 10.2 Å². The van der Waals surface area contributed by atoms with E-state index in [9.17, 15) is 4.79 Å². The molecule has 1 aromatic rings. The normalized spacial score (nSPS) is 9.38. The van der Waals surface area contributed by atoms with E-state index in [1.165, 1.54) is 0 Å². The molecule has 3 N–H and O–H groups in total. The molecule has 4 nitrogen and oxygen atoms in total. The molecule has 0 aliphatic heterocycles. The van der Waals surface area contributed by atoms with Gasteiger partial charge in [-0.25, -0.2) is 4.79 Å². The molecule has 1 aromatic carbocycles. The van der Waals surface area contributed by atoms with Crippen molar-refractivity contribution >= 4 is 11.7 Å². The van der Waals surface area contributed by atoms with Gasteiger partial charge in [-0.15, -0.1) is 0 Å². The van der Waals surface area contributed by atoms with Crippen molar-refractivity contribution in [2.45, 2.75) is 6.92 Å². The lowest BCUT2D eigenvalue weighted by molar-refractivity contribution is 0.0527. The number of benzene rings is 1. The highest BCUT2D eigenvalue weighted by Crippen LogP contribution is 2.14. The number of esters is 1. The van der Waals surface area contributed by atoms with Crippen LogP contribution in [-0.4, -0.2) is 12.6 Å². The number of hydrogen-bond acceptors (Lipinski definition) is 4. The van der Waals surface area contributed by atoms with E-state index in [4.69, 9.17) is 10.6 Å². The fourth-order valence-electron chi connectivity index (χ4n) is 0.996. The smallest absolute Gasteiger partial charge is 0.340 e. The second-order valence-corrected chi connectivity index (χ2v) is 2.41. The molecule has 0 bridgehead atoms. The first kappa shape index (κ1) is 9.54. The van der Waals surface area contributed by atoms with Crippen LogP contribution in [-0.2, 0) is 4.74 Å². The molecule has 0 atom stereocenters. The van der Waals surface area contributed by atoms with Crippen LogP contribution < -0.4 is 11.3 Å². The third-order valence-corrected chi connectivity index (χ3v) is 1.58. The highest BCUT2D eigenvalue weighted by Gasteiger charge is 2.09. The van der Waals surface area contributed by atoms with Crippen LogP contribution in [0.4, 0.5) is 5.69 Å². The molecule has 0 amide bonds. The Morgan fingerprint density at radius 2 is 2.23 bits per heavy atom. The molecule has 0 saturated heterocycles. The van der Waals surface area contributed by atoms with E-state index in [2.05, 4.69) is 5.43 Å². The van der Waals surface area contributed by atoms with Gasteiger partial charge in [0.25, 0.3) is 0 Å². The number of nitrogens with two attached hydrogens (primary N) is 1. The van der Waals surface area contributed by atoms with Gasteiger partial charge in [-0.1, -0.05) is 12.1 Å². The number of carbonyl (C=O) groups excluding carboxylic acids is 1. The summed E-state index contributed by atoms with van der Waals surface area (Å²) in [5.74, 6) is 4.86. The minimum atomic E-state index is -0.365. The zero-order chi connectivity index (χ0) is 9.68. The maximum atomic E-state index is 11.3. The average Bonchev–Trinajstić information content (AvgIpc) is 2.18. The summed E-state index contributed by atoms with van der Waals surface area (Å²) in [7, 11) is 0. The number of rotatable bonds is 3. The molecular formula is C9H12N2O2. The summed E-state index contributed by atoms with van der Waals surface area (Å²) in [4.78, 5) is 11.3. The zero-order valence-electron chi connectivity index (χ0n) is 7.41. The monoisotopic (exact) mass is 180 g/mol. The topological polar surface area (TPSA) is 64.3 Å². The molecule has 0 aliphatic carbocycles. The van der Waals surface area contributed by atoms with Crippen molar-refractivity contribution in [3.8, 4) is 0 Å². The van der Waals surface area contributed by atoms with Crippen LogP contribution in [0.25, 0.3) is 0 Å². The van der Waals surface area contributed by atoms with Crippen molar-refractivity contribution in [1.29, 1.82) is 0 Å². The summed E-state index contributed by atoms with van der Waals surface area (Å²) < 4.78 is 4.84. The summed E-state index contributed by atoms with van der Waals surface area (Å²) >= 11 is 0. The molecular weight excluding hydrogens is 168 g/mol. The Morgan fingerprint density at radius 3 is 2.85 bits per heavy atom. The fourth-order valence-corrected chi connectivity index (χ4v) is 0.996. The quantitative estimate of drug-likeness (QED) is 0.416. The number of nitrogens with one attached hydrogen (secondary N) is 1. The van der Waals surface area contributed by atoms with Crippen LogP contribution in [0.5, 0.6) is 0 Å². The second kappa shape index (κ2) is 4.47. The Kier molecular flexibility index (Phi) is 3.28. The summed E-state index contributed by atoms with van der Waals surface area (Å²) in [6.07, 6.45) is 0. The molecule has 0 aliphatic rings. The minimum Gasteiger partial charge on any atom is -0.462 e. The van der Waals surface area contributed by atoms with Crippen molar-refractivity contribution in [2.75, 3.05) is 12.0 Å². The minimum absolute atomic E-state index is 0.359. The van der Waals surface area contributed by atoms with Crippen molar-refractivity contribution in [1.82, 2.24) is 0 Å². The number of nitrogen functional groups attached to an aromatic ring is 1. The number of carbonyl (C=O) groups is 1. The van der Waals surface area contributed by atoms with Gasteiger partial charge in [-0.05, 0) is 19.1 Å². The van der Waals surface area contributed by atoms with Crippen molar-refractivity contribution in [3.05, 3.63) is 29.8 Å². The van der Waals surface area contributed by atoms with E-state index >= 15 is 0 Å². The number of hydrogen-bond donors (Lipinski definition) is 2. The van der Waals surface area contributed by atoms with Gasteiger partial charge in [-0.2, -0.15) is 0 Å². The van der Waals surface area contributed by atoms with Crippen molar-refractivity contribution in [3.63, 3.8) is 0 Å². The summed E-state index contributed by atoms with van der Waals surface area (Å²) in [6.45, 7) is 2.12. The molecule has 0 unspecified atom stereocenters. The van der Waals surface area contributed by atoms with Crippen LogP contribution in [0.15, 0.2) is 24.3 Å². The van der Waals surface area contributed by atoms with Gasteiger partial charge in [0, 0.05) is 0 Å². The lowest BCUT2D eigenvalue weighted by atomic mass is 10.2. The molecule has 70 valence electrons. The Morgan fingerprint density at radius 1 is 1.54 bits per heavy atom. The zero-order valence-corrected chi connectivity index (χ0v) is 7.41. The summed E-state index contributed by atoms with van der Waals surface area (Å²) in [6, 6.07) is 6.92. The first-order valence-electron chi connectivity index (χ1n) is 4.02. The molecule has 0 aromatic heterocycles. The number of hydrazine groups is 1. The van der Waals surface area contributed by atoms with Crippen LogP contribution in [0.2, 0.25) is 0 Å². The van der Waals surface area contributed by atoms with Crippen molar-refractivity contribution < 1.29 is 9.53 Å². The van der Waals surface area contributed by atoms with E-state index in [0.717, 1.165) is 0 Å². The van der Waals surface area contributed by atoms with E-state index in [1.54, 1.807) is 31.2 Å². The number of ether oxygens (including phenoxy) is 1. The average molecular weight is 180 g/mol. The highest BCUT2D eigenvalue weighted by molar-refractivity contribution is 5.95. The molecule has 0 spiro atoms. The van der Waals surface area contributed by atoms with Crippen LogP contribution in [0.3, 0.4) is 0 Å². The van der Waals surface area contributed by atoms with E-state index in [0.29, 0.717) is 17.9 Å². The SMILES string of the molecule is CCOC(=O)c1ccccc1NN. The van der Waals surface area contributed by atoms with Gasteiger partial charge in [0.05, 0.1) is 17.9 Å². The van der Waals surface area contributed by atoms with Gasteiger partial charge >= 0.3 is 5.97 Å². The van der Waals surface area contributed by atoms with Crippen LogP contribution >= 0.6 is 0 Å². The molecule has 4 heteroatoms. The maximum absolute atomic E-state index is 11.3. The van der Waals surface area contributed by atoms with Gasteiger partial charge in [-0.3, -0.25) is 5.84 Å². The van der Waals surface area contributed by atoms with E-state index < -0.39 is 0 Å². The van der Waals surface area contributed by atoms with Gasteiger partial charge in [0.2, 0.25) is 0 Å². The van der Waals surface area contributed by atoms with Gasteiger partial charge in [0.1, 0.15) is 0 Å². The Hall–Kier alpha value is -1.55. The second-order valence-electron chi connectivity index (χ2n) is 2.41. The Labute approximate surface area is 76.7 Å². The fraction of sp³-hybridized carbons (Fsp3) is 0.222. The molecule has 0 radical (unpaired) electrons. The molecule has 1 rings (SSSR count). The van der Waals surface area contributed by atoms with Gasteiger partial charge in [0.15, 0.2) is 0 Å². The molecule has 0 heterocycles. The highest BCUT2D eigenvalue weighted by atomic mass is 16.5. The Balaban J connectivity index is 2.92. The molecule has 0 saturated carbocycles. The lowest BCUT2D eigenvalue weighted by Gasteiger charge is -2.06. The Bertz CT molecular complexity index is 299. The summed E-state index contributed by atoms with van der Waals surface area (Å²) in [5.41, 5.74) is 3.46. The van der Waals surface area contributed by atoms with Crippen LogP contribution in [0.1, 0.15) is 17.3 Å². The number of para-hydroxylation sites is 1. The predicted molar refractivity (Wildman–Crippen MR) is 50.2 cm³/mol. The largest absolute Gasteiger partial charge is 0.462 e.